The van der Waals surface area contributed by atoms with Gasteiger partial charge in [-0.1, -0.05) is 38.8 Å². The number of nitrogens with one attached hydrogen (secondary N) is 1. The summed E-state index contributed by atoms with van der Waals surface area (Å²) in [6, 6.07) is 6.42. The molecule has 2 aromatic rings. The maximum absolute atomic E-state index is 12.4. The van der Waals surface area contributed by atoms with Crippen molar-refractivity contribution in [1.29, 1.82) is 0 Å². The van der Waals surface area contributed by atoms with E-state index in [4.69, 9.17) is 16.3 Å². The number of esters is 1. The molecule has 0 aliphatic carbocycles. The number of ketones is 1. The first-order valence-electron chi connectivity index (χ1n) is 9.58. The van der Waals surface area contributed by atoms with Gasteiger partial charge in [0.15, 0.2) is 12.4 Å². The molecule has 1 heterocycles. The summed E-state index contributed by atoms with van der Waals surface area (Å²) >= 11 is 6.25. The fourth-order valence-corrected chi connectivity index (χ4v) is 2.89. The molecule has 0 aliphatic rings. The van der Waals surface area contributed by atoms with Crippen molar-refractivity contribution >= 4 is 34.9 Å². The molecule has 0 radical (unpaired) electrons. The number of nitrogens with zero attached hydrogens (tertiary/aromatic N) is 2. The number of benzene rings is 1. The summed E-state index contributed by atoms with van der Waals surface area (Å²) in [5, 5.41) is 7.23. The number of hydrogen-bond donors (Lipinski definition) is 1. The van der Waals surface area contributed by atoms with Crippen molar-refractivity contribution < 1.29 is 19.1 Å². The Morgan fingerprint density at radius 1 is 1.21 bits per heavy atom. The Labute approximate surface area is 175 Å². The highest BCUT2D eigenvalue weighted by molar-refractivity contribution is 6.32. The maximum Gasteiger partial charge on any atom is 0.343 e. The highest BCUT2D eigenvalue weighted by atomic mass is 35.5. The monoisotopic (exact) mass is 419 g/mol. The zero-order valence-electron chi connectivity index (χ0n) is 17.1. The summed E-state index contributed by atoms with van der Waals surface area (Å²) < 4.78 is 6.73. The van der Waals surface area contributed by atoms with E-state index in [-0.39, 0.29) is 28.3 Å². The first kappa shape index (κ1) is 22.6. The average molecular weight is 420 g/mol. The Balaban J connectivity index is 1.97. The molecule has 7 nitrogen and oxygen atoms in total. The summed E-state index contributed by atoms with van der Waals surface area (Å²) in [7, 11) is 0. The van der Waals surface area contributed by atoms with E-state index in [1.165, 1.54) is 0 Å². The standard InChI is InChI=1S/C21H26ClN3O4/c1-5-6-11-25-19(22)18(14(4)24-25)21(28)29-12-17(26)15-7-9-16(10-8-15)23-20(27)13(2)3/h7-10,13H,5-6,11-12H2,1-4H3,(H,23,27). The van der Waals surface area contributed by atoms with E-state index in [0.29, 0.717) is 23.5 Å². The lowest BCUT2D eigenvalue weighted by atomic mass is 10.1. The number of hydrogen-bond acceptors (Lipinski definition) is 5. The first-order valence-corrected chi connectivity index (χ1v) is 9.96. The van der Waals surface area contributed by atoms with Gasteiger partial charge in [0, 0.05) is 23.7 Å². The molecule has 1 amide bonds. The van der Waals surface area contributed by atoms with Crippen molar-refractivity contribution in [3.8, 4) is 0 Å². The molecule has 29 heavy (non-hydrogen) atoms. The van der Waals surface area contributed by atoms with E-state index in [0.717, 1.165) is 12.8 Å². The minimum Gasteiger partial charge on any atom is -0.454 e. The van der Waals surface area contributed by atoms with Gasteiger partial charge in [0.1, 0.15) is 10.7 Å². The van der Waals surface area contributed by atoms with Crippen LogP contribution < -0.4 is 5.32 Å². The summed E-state index contributed by atoms with van der Waals surface area (Å²) in [5.41, 5.74) is 1.62. The number of rotatable bonds is 9. The third-order valence-electron chi connectivity index (χ3n) is 4.33. The number of amides is 1. The largest absolute Gasteiger partial charge is 0.454 e. The van der Waals surface area contributed by atoms with Gasteiger partial charge < -0.3 is 10.1 Å². The molecule has 1 N–H and O–H groups in total. The molecule has 0 aliphatic heterocycles. The van der Waals surface area contributed by atoms with Crippen molar-refractivity contribution in [3.05, 3.63) is 46.2 Å². The quantitative estimate of drug-likeness (QED) is 0.484. The number of carbonyl (C=O) groups is 3. The molecular formula is C21H26ClN3O4. The fraction of sp³-hybridized carbons (Fsp3) is 0.429. The molecule has 0 atom stereocenters. The van der Waals surface area contributed by atoms with Gasteiger partial charge in [-0.15, -0.1) is 0 Å². The average Bonchev–Trinajstić information content (AvgIpc) is 2.97. The Kier molecular flexibility index (Phi) is 7.96. The maximum atomic E-state index is 12.4. The Bertz CT molecular complexity index is 888. The van der Waals surface area contributed by atoms with E-state index < -0.39 is 12.6 Å². The highest BCUT2D eigenvalue weighted by Gasteiger charge is 2.22. The van der Waals surface area contributed by atoms with Crippen LogP contribution >= 0.6 is 11.6 Å². The van der Waals surface area contributed by atoms with Crippen LogP contribution in [0.2, 0.25) is 5.15 Å². The second-order valence-electron chi connectivity index (χ2n) is 7.05. The van der Waals surface area contributed by atoms with Gasteiger partial charge in [-0.2, -0.15) is 5.10 Å². The lowest BCUT2D eigenvalue weighted by Gasteiger charge is -2.08. The van der Waals surface area contributed by atoms with Gasteiger partial charge in [-0.3, -0.25) is 14.3 Å². The zero-order chi connectivity index (χ0) is 21.6. The first-order chi connectivity index (χ1) is 13.7. The molecule has 2 rings (SSSR count). The van der Waals surface area contributed by atoms with Crippen LogP contribution in [-0.2, 0) is 16.1 Å². The molecule has 0 saturated heterocycles. The number of anilines is 1. The smallest absolute Gasteiger partial charge is 0.343 e. The van der Waals surface area contributed by atoms with Crippen LogP contribution in [0.4, 0.5) is 5.69 Å². The van der Waals surface area contributed by atoms with Crippen LogP contribution in [0.1, 0.15) is 60.0 Å². The molecule has 0 unspecified atom stereocenters. The molecule has 0 spiro atoms. The minimum absolute atomic E-state index is 0.107. The minimum atomic E-state index is -0.676. The van der Waals surface area contributed by atoms with E-state index in [1.807, 2.05) is 0 Å². The van der Waals surface area contributed by atoms with Crippen molar-refractivity contribution in [2.75, 3.05) is 11.9 Å². The number of aromatic nitrogens is 2. The summed E-state index contributed by atoms with van der Waals surface area (Å²) in [4.78, 5) is 36.4. The van der Waals surface area contributed by atoms with Gasteiger partial charge in [0.2, 0.25) is 5.91 Å². The van der Waals surface area contributed by atoms with Crippen LogP contribution in [0, 0.1) is 12.8 Å². The summed E-state index contributed by atoms with van der Waals surface area (Å²) in [6.07, 6.45) is 1.87. The van der Waals surface area contributed by atoms with Crippen molar-refractivity contribution in [2.45, 2.75) is 47.1 Å². The molecule has 8 heteroatoms. The topological polar surface area (TPSA) is 90.3 Å². The second kappa shape index (κ2) is 10.2. The second-order valence-corrected chi connectivity index (χ2v) is 7.41. The van der Waals surface area contributed by atoms with Crippen molar-refractivity contribution in [3.63, 3.8) is 0 Å². The number of ether oxygens (including phenoxy) is 1. The summed E-state index contributed by atoms with van der Waals surface area (Å²) in [5.74, 6) is -1.28. The van der Waals surface area contributed by atoms with E-state index in [9.17, 15) is 14.4 Å². The van der Waals surface area contributed by atoms with Crippen molar-refractivity contribution in [1.82, 2.24) is 9.78 Å². The number of unbranched alkanes of at least 4 members (excludes halogenated alkanes) is 1. The van der Waals surface area contributed by atoms with E-state index in [1.54, 1.807) is 49.7 Å². The molecule has 0 saturated carbocycles. The molecule has 0 fully saturated rings. The van der Waals surface area contributed by atoms with Gasteiger partial charge >= 0.3 is 5.97 Å². The molecule has 1 aromatic heterocycles. The molecule has 156 valence electrons. The van der Waals surface area contributed by atoms with Crippen LogP contribution in [0.25, 0.3) is 0 Å². The summed E-state index contributed by atoms with van der Waals surface area (Å²) in [6.45, 7) is 7.52. The number of aryl methyl sites for hydroxylation is 2. The third-order valence-corrected chi connectivity index (χ3v) is 4.71. The van der Waals surface area contributed by atoms with Gasteiger partial charge in [0.25, 0.3) is 0 Å². The van der Waals surface area contributed by atoms with Gasteiger partial charge in [-0.05, 0) is 37.6 Å². The Hall–Kier alpha value is -2.67. The lowest BCUT2D eigenvalue weighted by Crippen LogP contribution is -2.18. The SMILES string of the molecule is CCCCn1nc(C)c(C(=O)OCC(=O)c2ccc(NC(=O)C(C)C)cc2)c1Cl. The van der Waals surface area contributed by atoms with Crippen molar-refractivity contribution in [2.24, 2.45) is 5.92 Å². The van der Waals surface area contributed by atoms with Gasteiger partial charge in [-0.25, -0.2) is 4.79 Å². The Morgan fingerprint density at radius 2 is 1.86 bits per heavy atom. The zero-order valence-corrected chi connectivity index (χ0v) is 17.9. The third kappa shape index (κ3) is 5.90. The predicted molar refractivity (Wildman–Crippen MR) is 111 cm³/mol. The van der Waals surface area contributed by atoms with Gasteiger partial charge in [0.05, 0.1) is 5.69 Å². The van der Waals surface area contributed by atoms with Crippen LogP contribution in [0.5, 0.6) is 0 Å². The Morgan fingerprint density at radius 3 is 2.45 bits per heavy atom. The predicted octanol–water partition coefficient (Wildman–Crippen LogP) is 4.28. The highest BCUT2D eigenvalue weighted by Crippen LogP contribution is 2.21. The van der Waals surface area contributed by atoms with E-state index in [2.05, 4.69) is 17.3 Å². The number of halogens is 1. The van der Waals surface area contributed by atoms with E-state index >= 15 is 0 Å². The molecule has 0 bridgehead atoms. The number of Topliss-reactive ketones (excluding diaryl/α,β-unsaturated/α-hetero) is 1. The lowest BCUT2D eigenvalue weighted by molar-refractivity contribution is -0.118. The molecular weight excluding hydrogens is 394 g/mol. The number of carbonyl (C=O) groups excluding carboxylic acids is 3. The van der Waals surface area contributed by atoms with Crippen LogP contribution in [0.3, 0.4) is 0 Å². The normalized spacial score (nSPS) is 10.8. The fourth-order valence-electron chi connectivity index (χ4n) is 2.55. The van der Waals surface area contributed by atoms with Crippen LogP contribution in [-0.4, -0.2) is 34.0 Å². The van der Waals surface area contributed by atoms with Crippen LogP contribution in [0.15, 0.2) is 24.3 Å². The molecule has 1 aromatic carbocycles.